The first-order valence-corrected chi connectivity index (χ1v) is 9.76. The van der Waals surface area contributed by atoms with Crippen LogP contribution in [0, 0.1) is 22.7 Å². The molecular formula is C22H34O4. The normalized spacial score (nSPS) is 35.9. The fraction of sp³-hybridized carbons (Fsp3) is 0.727. The summed E-state index contributed by atoms with van der Waals surface area (Å²) in [5.74, 6) is -0.409. The van der Waals surface area contributed by atoms with E-state index in [-0.39, 0.29) is 22.9 Å². The quantitative estimate of drug-likeness (QED) is 0.418. The molecule has 0 aliphatic heterocycles. The number of carboxylic acids is 1. The standard InChI is InChI=1S/C22H34O4/c1-14(13-20(24)25)12-19(26-17(4)23)22(6)16(3)10-11-21(5)15(2)8-7-9-18(21)22/h8,13,16,18-19H,7,9-12H2,1-6H3,(H,24,25)/b14-13+/t16-,18+,19-,21+,22+/m1/s1. The van der Waals surface area contributed by atoms with Gasteiger partial charge in [-0.15, -0.1) is 0 Å². The molecule has 0 radical (unpaired) electrons. The predicted molar refractivity (Wildman–Crippen MR) is 103 cm³/mol. The van der Waals surface area contributed by atoms with Crippen LogP contribution in [-0.4, -0.2) is 23.1 Å². The molecule has 0 aromatic rings. The maximum Gasteiger partial charge on any atom is 0.328 e. The topological polar surface area (TPSA) is 63.6 Å². The first-order valence-electron chi connectivity index (χ1n) is 9.76. The summed E-state index contributed by atoms with van der Waals surface area (Å²) in [5, 5.41) is 9.08. The minimum Gasteiger partial charge on any atom is -0.478 e. The summed E-state index contributed by atoms with van der Waals surface area (Å²) in [5.41, 5.74) is 2.14. The molecule has 0 spiro atoms. The van der Waals surface area contributed by atoms with E-state index in [0.29, 0.717) is 18.3 Å². The van der Waals surface area contributed by atoms with Crippen LogP contribution in [0.1, 0.15) is 73.6 Å². The highest BCUT2D eigenvalue weighted by Crippen LogP contribution is 2.62. The molecule has 0 bridgehead atoms. The summed E-state index contributed by atoms with van der Waals surface area (Å²) < 4.78 is 5.85. The third-order valence-electron chi connectivity index (χ3n) is 7.36. The molecule has 26 heavy (non-hydrogen) atoms. The molecule has 1 saturated carbocycles. The number of carbonyl (C=O) groups excluding carboxylic acids is 1. The SMILES string of the molecule is CC(=O)O[C@H](C/C(C)=C/C(=O)O)[C@@]1(C)[C@H](C)CC[C@@]2(C)C(C)=CCC[C@H]12. The fourth-order valence-corrected chi connectivity index (χ4v) is 5.53. The van der Waals surface area contributed by atoms with Gasteiger partial charge in [-0.05, 0) is 56.8 Å². The van der Waals surface area contributed by atoms with Gasteiger partial charge in [0.2, 0.25) is 0 Å². The Bertz CT molecular complexity index is 632. The van der Waals surface area contributed by atoms with Crippen LogP contribution in [0.4, 0.5) is 0 Å². The predicted octanol–water partition coefficient (Wildman–Crippen LogP) is 5.14. The monoisotopic (exact) mass is 362 g/mol. The van der Waals surface area contributed by atoms with E-state index in [1.54, 1.807) is 0 Å². The van der Waals surface area contributed by atoms with Gasteiger partial charge in [0.25, 0.3) is 0 Å². The number of aliphatic carboxylic acids is 1. The van der Waals surface area contributed by atoms with E-state index in [0.717, 1.165) is 31.3 Å². The van der Waals surface area contributed by atoms with Crippen LogP contribution in [0.25, 0.3) is 0 Å². The molecule has 2 aliphatic rings. The molecule has 1 N–H and O–H groups in total. The van der Waals surface area contributed by atoms with E-state index >= 15 is 0 Å². The number of fused-ring (bicyclic) bond motifs is 1. The molecule has 4 heteroatoms. The average molecular weight is 363 g/mol. The van der Waals surface area contributed by atoms with Crippen LogP contribution in [0.2, 0.25) is 0 Å². The van der Waals surface area contributed by atoms with Gasteiger partial charge >= 0.3 is 11.9 Å². The van der Waals surface area contributed by atoms with Gasteiger partial charge in [0, 0.05) is 24.8 Å². The number of carbonyl (C=O) groups is 2. The summed E-state index contributed by atoms with van der Waals surface area (Å²) in [6.07, 6.45) is 8.17. The van der Waals surface area contributed by atoms with Crippen molar-refractivity contribution in [1.29, 1.82) is 0 Å². The highest BCUT2D eigenvalue weighted by molar-refractivity contribution is 5.80. The number of allylic oxidation sites excluding steroid dienone is 2. The van der Waals surface area contributed by atoms with Crippen molar-refractivity contribution < 1.29 is 19.4 Å². The first-order chi connectivity index (χ1) is 12.0. The summed E-state index contributed by atoms with van der Waals surface area (Å²) in [6, 6.07) is 0. The van der Waals surface area contributed by atoms with Crippen molar-refractivity contribution >= 4 is 11.9 Å². The minimum absolute atomic E-state index is 0.127. The highest BCUT2D eigenvalue weighted by atomic mass is 16.5. The number of hydrogen-bond acceptors (Lipinski definition) is 3. The smallest absolute Gasteiger partial charge is 0.328 e. The zero-order chi connectivity index (χ0) is 19.7. The van der Waals surface area contributed by atoms with E-state index in [9.17, 15) is 9.59 Å². The van der Waals surface area contributed by atoms with Crippen molar-refractivity contribution in [2.75, 3.05) is 0 Å². The Morgan fingerprint density at radius 2 is 2.00 bits per heavy atom. The Hall–Kier alpha value is -1.58. The van der Waals surface area contributed by atoms with Gasteiger partial charge in [-0.3, -0.25) is 4.79 Å². The van der Waals surface area contributed by atoms with Crippen LogP contribution in [0.5, 0.6) is 0 Å². The molecule has 146 valence electrons. The van der Waals surface area contributed by atoms with Crippen LogP contribution in [0.3, 0.4) is 0 Å². The third kappa shape index (κ3) is 3.74. The van der Waals surface area contributed by atoms with Gasteiger partial charge in [-0.25, -0.2) is 4.79 Å². The average Bonchev–Trinajstić information content (AvgIpc) is 2.51. The second-order valence-electron chi connectivity index (χ2n) is 8.87. The molecular weight excluding hydrogens is 328 g/mol. The van der Waals surface area contributed by atoms with Crippen molar-refractivity contribution in [3.05, 3.63) is 23.3 Å². The van der Waals surface area contributed by atoms with E-state index in [1.807, 2.05) is 6.92 Å². The van der Waals surface area contributed by atoms with E-state index in [4.69, 9.17) is 9.84 Å². The van der Waals surface area contributed by atoms with Crippen molar-refractivity contribution in [3.8, 4) is 0 Å². The van der Waals surface area contributed by atoms with Gasteiger partial charge in [0.1, 0.15) is 6.10 Å². The number of hydrogen-bond donors (Lipinski definition) is 1. The molecule has 0 aromatic carbocycles. The van der Waals surface area contributed by atoms with Crippen molar-refractivity contribution in [1.82, 2.24) is 0 Å². The molecule has 0 saturated heterocycles. The first kappa shape index (κ1) is 20.7. The summed E-state index contributed by atoms with van der Waals surface area (Å²) >= 11 is 0. The molecule has 1 fully saturated rings. The van der Waals surface area contributed by atoms with Gasteiger partial charge < -0.3 is 9.84 Å². The maximum absolute atomic E-state index is 11.9. The lowest BCUT2D eigenvalue weighted by atomic mass is 9.46. The molecule has 0 amide bonds. The fourth-order valence-electron chi connectivity index (χ4n) is 5.53. The minimum atomic E-state index is -0.952. The zero-order valence-corrected chi connectivity index (χ0v) is 17.1. The Labute approximate surface area is 157 Å². The second-order valence-corrected chi connectivity index (χ2v) is 8.87. The van der Waals surface area contributed by atoms with Gasteiger partial charge in [-0.2, -0.15) is 0 Å². The maximum atomic E-state index is 11.9. The van der Waals surface area contributed by atoms with E-state index < -0.39 is 5.97 Å². The number of ether oxygens (including phenoxy) is 1. The van der Waals surface area contributed by atoms with Crippen LogP contribution < -0.4 is 0 Å². The largest absolute Gasteiger partial charge is 0.478 e. The number of rotatable bonds is 5. The van der Waals surface area contributed by atoms with Crippen molar-refractivity contribution in [3.63, 3.8) is 0 Å². The van der Waals surface area contributed by atoms with Crippen molar-refractivity contribution in [2.24, 2.45) is 22.7 Å². The Morgan fingerprint density at radius 1 is 1.35 bits per heavy atom. The number of esters is 1. The van der Waals surface area contributed by atoms with Crippen LogP contribution >= 0.6 is 0 Å². The van der Waals surface area contributed by atoms with Gasteiger partial charge in [-0.1, -0.05) is 38.0 Å². The number of carboxylic acid groups (broad SMARTS) is 1. The Kier molecular flexibility index (Phi) is 6.04. The molecule has 0 aromatic heterocycles. The van der Waals surface area contributed by atoms with Gasteiger partial charge in [0.15, 0.2) is 0 Å². The summed E-state index contributed by atoms with van der Waals surface area (Å²) in [4.78, 5) is 22.9. The molecule has 4 nitrogen and oxygen atoms in total. The Balaban J connectivity index is 2.46. The Morgan fingerprint density at radius 3 is 2.58 bits per heavy atom. The van der Waals surface area contributed by atoms with Gasteiger partial charge in [0.05, 0.1) is 0 Å². The lowest BCUT2D eigenvalue weighted by molar-refractivity contribution is -0.171. The summed E-state index contributed by atoms with van der Waals surface area (Å²) in [6.45, 7) is 12.4. The van der Waals surface area contributed by atoms with E-state index in [1.165, 1.54) is 18.6 Å². The molecule has 5 atom stereocenters. The lowest BCUT2D eigenvalue weighted by Crippen LogP contribution is -2.56. The molecule has 0 heterocycles. The van der Waals surface area contributed by atoms with Crippen LogP contribution in [-0.2, 0) is 14.3 Å². The van der Waals surface area contributed by atoms with Crippen LogP contribution in [0.15, 0.2) is 23.3 Å². The summed E-state index contributed by atoms with van der Waals surface area (Å²) in [7, 11) is 0. The second kappa shape index (κ2) is 7.58. The molecule has 2 aliphatic carbocycles. The highest BCUT2D eigenvalue weighted by Gasteiger charge is 2.57. The van der Waals surface area contributed by atoms with E-state index in [2.05, 4.69) is 33.8 Å². The van der Waals surface area contributed by atoms with Crippen molar-refractivity contribution in [2.45, 2.75) is 79.8 Å². The molecule has 0 unspecified atom stereocenters. The lowest BCUT2D eigenvalue weighted by Gasteiger charge is -2.59. The molecule has 2 rings (SSSR count). The zero-order valence-electron chi connectivity index (χ0n) is 17.1. The third-order valence-corrected chi connectivity index (χ3v) is 7.36.